The number of carbonyl (C=O) groups is 2. The molecule has 0 radical (unpaired) electrons. The molecular formula is C14H14N2O3S. The van der Waals surface area contributed by atoms with E-state index in [0.717, 1.165) is 5.56 Å². The second kappa shape index (κ2) is 6.81. The molecule has 0 fully saturated rings. The molecule has 1 amide bonds. The summed E-state index contributed by atoms with van der Waals surface area (Å²) in [5, 5.41) is 10.6. The Hall–Kier alpha value is -2.21. The number of hydrogen-bond donors (Lipinski definition) is 1. The first-order valence-corrected chi connectivity index (χ1v) is 6.98. The van der Waals surface area contributed by atoms with Crippen LogP contribution in [0.3, 0.4) is 0 Å². The molecule has 2 aromatic rings. The number of aliphatic carboxylic acids is 1. The van der Waals surface area contributed by atoms with Crippen molar-refractivity contribution in [3.8, 4) is 0 Å². The molecule has 0 atom stereocenters. The van der Waals surface area contributed by atoms with E-state index in [1.165, 1.54) is 11.3 Å². The van der Waals surface area contributed by atoms with Gasteiger partial charge in [0.15, 0.2) is 0 Å². The van der Waals surface area contributed by atoms with E-state index in [2.05, 4.69) is 4.98 Å². The molecule has 2 aromatic heterocycles. The van der Waals surface area contributed by atoms with Gasteiger partial charge in [0, 0.05) is 25.5 Å². The maximum absolute atomic E-state index is 12.4. The van der Waals surface area contributed by atoms with Crippen molar-refractivity contribution in [2.45, 2.75) is 13.0 Å². The summed E-state index contributed by atoms with van der Waals surface area (Å²) in [7, 11) is 0. The maximum Gasteiger partial charge on any atom is 0.305 e. The Morgan fingerprint density at radius 2 is 2.00 bits per heavy atom. The number of aromatic nitrogens is 1. The van der Waals surface area contributed by atoms with Gasteiger partial charge in [-0.15, -0.1) is 11.3 Å². The van der Waals surface area contributed by atoms with Crippen molar-refractivity contribution in [3.05, 3.63) is 52.5 Å². The van der Waals surface area contributed by atoms with E-state index in [-0.39, 0.29) is 18.9 Å². The first-order chi connectivity index (χ1) is 9.66. The molecule has 2 heterocycles. The van der Waals surface area contributed by atoms with Crippen LogP contribution < -0.4 is 0 Å². The normalized spacial score (nSPS) is 10.2. The SMILES string of the molecule is O=C(O)CCN(Cc1ccncc1)C(=O)c1cccs1. The predicted octanol–water partition coefficient (Wildman–Crippen LogP) is 2.26. The Bertz CT molecular complexity index is 569. The van der Waals surface area contributed by atoms with Crippen LogP contribution in [-0.2, 0) is 11.3 Å². The smallest absolute Gasteiger partial charge is 0.305 e. The van der Waals surface area contributed by atoms with Gasteiger partial charge in [-0.1, -0.05) is 6.07 Å². The zero-order valence-corrected chi connectivity index (χ0v) is 11.5. The number of nitrogens with zero attached hydrogens (tertiary/aromatic N) is 2. The van der Waals surface area contributed by atoms with E-state index in [1.54, 1.807) is 29.4 Å². The lowest BCUT2D eigenvalue weighted by atomic mass is 10.2. The van der Waals surface area contributed by atoms with Crippen LogP contribution >= 0.6 is 11.3 Å². The minimum absolute atomic E-state index is 0.0673. The average molecular weight is 290 g/mol. The van der Waals surface area contributed by atoms with E-state index in [4.69, 9.17) is 5.11 Å². The fraction of sp³-hybridized carbons (Fsp3) is 0.214. The zero-order chi connectivity index (χ0) is 14.4. The lowest BCUT2D eigenvalue weighted by Crippen LogP contribution is -2.32. The van der Waals surface area contributed by atoms with Gasteiger partial charge >= 0.3 is 5.97 Å². The van der Waals surface area contributed by atoms with Crippen molar-refractivity contribution >= 4 is 23.2 Å². The highest BCUT2D eigenvalue weighted by Gasteiger charge is 2.17. The molecule has 0 bridgehead atoms. The van der Waals surface area contributed by atoms with Crippen molar-refractivity contribution in [2.24, 2.45) is 0 Å². The van der Waals surface area contributed by atoms with Crippen molar-refractivity contribution < 1.29 is 14.7 Å². The molecule has 104 valence electrons. The highest BCUT2D eigenvalue weighted by molar-refractivity contribution is 7.12. The Labute approximate surface area is 120 Å². The molecule has 1 N–H and O–H groups in total. The van der Waals surface area contributed by atoms with E-state index < -0.39 is 5.97 Å². The number of carbonyl (C=O) groups excluding carboxylic acids is 1. The summed E-state index contributed by atoms with van der Waals surface area (Å²) < 4.78 is 0. The molecule has 0 aliphatic rings. The fourth-order valence-electron chi connectivity index (χ4n) is 1.75. The van der Waals surface area contributed by atoms with Gasteiger partial charge in [0.25, 0.3) is 5.91 Å². The average Bonchev–Trinajstić information content (AvgIpc) is 2.97. The van der Waals surface area contributed by atoms with E-state index in [0.29, 0.717) is 11.4 Å². The molecule has 20 heavy (non-hydrogen) atoms. The van der Waals surface area contributed by atoms with Gasteiger partial charge in [-0.3, -0.25) is 14.6 Å². The number of pyridine rings is 1. The minimum atomic E-state index is -0.913. The van der Waals surface area contributed by atoms with Gasteiger partial charge in [0.1, 0.15) is 0 Å². The lowest BCUT2D eigenvalue weighted by Gasteiger charge is -2.21. The second-order valence-electron chi connectivity index (χ2n) is 4.20. The van der Waals surface area contributed by atoms with Gasteiger partial charge < -0.3 is 10.0 Å². The van der Waals surface area contributed by atoms with Crippen LogP contribution in [0.25, 0.3) is 0 Å². The number of carboxylic acid groups (broad SMARTS) is 1. The fourth-order valence-corrected chi connectivity index (χ4v) is 2.44. The Kier molecular flexibility index (Phi) is 4.84. The third kappa shape index (κ3) is 3.89. The number of rotatable bonds is 6. The summed E-state index contributed by atoms with van der Waals surface area (Å²) in [5.74, 6) is -1.05. The van der Waals surface area contributed by atoms with Crippen molar-refractivity contribution in [2.75, 3.05) is 6.54 Å². The topological polar surface area (TPSA) is 70.5 Å². The number of hydrogen-bond acceptors (Lipinski definition) is 4. The molecule has 2 rings (SSSR count). The molecule has 6 heteroatoms. The molecule has 0 spiro atoms. The zero-order valence-electron chi connectivity index (χ0n) is 10.7. The minimum Gasteiger partial charge on any atom is -0.481 e. The quantitative estimate of drug-likeness (QED) is 0.886. The van der Waals surface area contributed by atoms with Crippen molar-refractivity contribution in [1.82, 2.24) is 9.88 Å². The first kappa shape index (κ1) is 14.2. The van der Waals surface area contributed by atoms with Crippen LogP contribution in [0.15, 0.2) is 42.0 Å². The highest BCUT2D eigenvalue weighted by Crippen LogP contribution is 2.14. The molecule has 0 unspecified atom stereocenters. The molecule has 0 aliphatic carbocycles. The van der Waals surface area contributed by atoms with Crippen LogP contribution in [0, 0.1) is 0 Å². The highest BCUT2D eigenvalue weighted by atomic mass is 32.1. The van der Waals surface area contributed by atoms with Gasteiger partial charge in [0.2, 0.25) is 0 Å². The van der Waals surface area contributed by atoms with Gasteiger partial charge in [-0.25, -0.2) is 0 Å². The molecule has 0 aromatic carbocycles. The maximum atomic E-state index is 12.4. The molecule has 5 nitrogen and oxygen atoms in total. The lowest BCUT2D eigenvalue weighted by molar-refractivity contribution is -0.137. The van der Waals surface area contributed by atoms with Crippen LogP contribution in [0.5, 0.6) is 0 Å². The summed E-state index contributed by atoms with van der Waals surface area (Å²) in [4.78, 5) is 29.2. The molecule has 0 aliphatic heterocycles. The van der Waals surface area contributed by atoms with Gasteiger partial charge in [-0.2, -0.15) is 0 Å². The Morgan fingerprint density at radius 3 is 2.60 bits per heavy atom. The van der Waals surface area contributed by atoms with E-state index in [1.807, 2.05) is 17.5 Å². The van der Waals surface area contributed by atoms with Crippen molar-refractivity contribution in [3.63, 3.8) is 0 Å². The van der Waals surface area contributed by atoms with E-state index in [9.17, 15) is 9.59 Å². The largest absolute Gasteiger partial charge is 0.481 e. The third-order valence-corrected chi connectivity index (χ3v) is 3.60. The summed E-state index contributed by atoms with van der Waals surface area (Å²) in [6, 6.07) is 7.18. The predicted molar refractivity (Wildman–Crippen MR) is 75.5 cm³/mol. The van der Waals surface area contributed by atoms with Gasteiger partial charge in [-0.05, 0) is 29.1 Å². The summed E-state index contributed by atoms with van der Waals surface area (Å²) in [6.45, 7) is 0.570. The number of carboxylic acids is 1. The van der Waals surface area contributed by atoms with Crippen LogP contribution in [0.4, 0.5) is 0 Å². The third-order valence-electron chi connectivity index (χ3n) is 2.74. The summed E-state index contributed by atoms with van der Waals surface area (Å²) in [5.41, 5.74) is 0.926. The molecule has 0 saturated heterocycles. The Balaban J connectivity index is 2.12. The van der Waals surface area contributed by atoms with Crippen molar-refractivity contribution in [1.29, 1.82) is 0 Å². The summed E-state index contributed by atoms with van der Waals surface area (Å²) >= 11 is 1.35. The van der Waals surface area contributed by atoms with Gasteiger partial charge in [0.05, 0.1) is 11.3 Å². The standard InChI is InChI=1S/C14H14N2O3S/c17-13(18)5-8-16(10-11-3-6-15-7-4-11)14(19)12-2-1-9-20-12/h1-4,6-7,9H,5,8,10H2,(H,17,18). The van der Waals surface area contributed by atoms with Crippen LogP contribution in [-0.4, -0.2) is 33.4 Å². The number of thiophene rings is 1. The monoisotopic (exact) mass is 290 g/mol. The van der Waals surface area contributed by atoms with Crippen LogP contribution in [0.1, 0.15) is 21.7 Å². The molecular weight excluding hydrogens is 276 g/mol. The van der Waals surface area contributed by atoms with Crippen LogP contribution in [0.2, 0.25) is 0 Å². The van der Waals surface area contributed by atoms with E-state index >= 15 is 0 Å². The molecule has 0 saturated carbocycles. The second-order valence-corrected chi connectivity index (χ2v) is 5.15. The first-order valence-electron chi connectivity index (χ1n) is 6.10. The Morgan fingerprint density at radius 1 is 1.25 bits per heavy atom. The number of amides is 1. The summed E-state index contributed by atoms with van der Waals surface area (Å²) in [6.07, 6.45) is 3.24.